The molecule has 18 heavy (non-hydrogen) atoms. The fourth-order valence-electron chi connectivity index (χ4n) is 3.80. The van der Waals surface area contributed by atoms with Crippen molar-refractivity contribution >= 4 is 15.9 Å². The lowest BCUT2D eigenvalue weighted by Gasteiger charge is -2.42. The highest BCUT2D eigenvalue weighted by Gasteiger charge is 2.48. The van der Waals surface area contributed by atoms with Gasteiger partial charge in [-0.15, -0.1) is 0 Å². The predicted molar refractivity (Wildman–Crippen MR) is 74.3 cm³/mol. The third kappa shape index (κ3) is 1.84. The highest BCUT2D eigenvalue weighted by Crippen LogP contribution is 2.55. The molecule has 1 saturated carbocycles. The Morgan fingerprint density at radius 1 is 1.33 bits per heavy atom. The molecule has 3 heteroatoms. The molecule has 3 rings (SSSR count). The van der Waals surface area contributed by atoms with E-state index in [1.165, 1.54) is 5.56 Å². The molecule has 0 amide bonds. The minimum absolute atomic E-state index is 0.0399. The molecule has 0 bridgehead atoms. The van der Waals surface area contributed by atoms with Crippen LogP contribution in [0.5, 0.6) is 0 Å². The Balaban J connectivity index is 1.94. The third-order valence-corrected chi connectivity index (χ3v) is 5.34. The zero-order valence-corrected chi connectivity index (χ0v) is 12.2. The molecule has 4 atom stereocenters. The Hall–Kier alpha value is -0.380. The monoisotopic (exact) mass is 310 g/mol. The van der Waals surface area contributed by atoms with E-state index in [0.717, 1.165) is 35.7 Å². The number of halogens is 1. The summed E-state index contributed by atoms with van der Waals surface area (Å²) in [7, 11) is 0. The third-order valence-electron chi connectivity index (χ3n) is 4.85. The van der Waals surface area contributed by atoms with E-state index in [9.17, 15) is 10.2 Å². The van der Waals surface area contributed by atoms with Crippen molar-refractivity contribution in [2.24, 2.45) is 11.3 Å². The van der Waals surface area contributed by atoms with Gasteiger partial charge >= 0.3 is 0 Å². The average molecular weight is 311 g/mol. The van der Waals surface area contributed by atoms with Crippen molar-refractivity contribution in [3.05, 3.63) is 33.8 Å². The van der Waals surface area contributed by atoms with Gasteiger partial charge in [-0.05, 0) is 54.9 Å². The molecule has 0 aliphatic heterocycles. The Morgan fingerprint density at radius 3 is 2.83 bits per heavy atom. The number of aliphatic hydroxyl groups excluding tert-OH is 2. The molecule has 0 heterocycles. The van der Waals surface area contributed by atoms with Crippen LogP contribution in [0.15, 0.2) is 22.7 Å². The van der Waals surface area contributed by atoms with Crippen molar-refractivity contribution in [1.82, 2.24) is 0 Å². The molecule has 2 N–H and O–H groups in total. The van der Waals surface area contributed by atoms with Crippen LogP contribution in [-0.2, 0) is 6.42 Å². The number of rotatable bonds is 0. The number of aliphatic hydroxyl groups is 2. The van der Waals surface area contributed by atoms with E-state index in [-0.39, 0.29) is 23.5 Å². The standard InChI is InChI=1S/C15H19BrO2/c1-9-7-15(5-4-13(9)17)8-10-2-3-11(16)6-12(10)14(15)18/h2-3,6,9,13-14,17-18H,4-5,7-8H2,1H3/t9-,13-,14?,15-/m0/s1. The van der Waals surface area contributed by atoms with Gasteiger partial charge in [0.1, 0.15) is 0 Å². The van der Waals surface area contributed by atoms with Gasteiger partial charge in [-0.3, -0.25) is 0 Å². The van der Waals surface area contributed by atoms with Crippen LogP contribution < -0.4 is 0 Å². The Labute approximate surface area is 116 Å². The van der Waals surface area contributed by atoms with Gasteiger partial charge in [0.15, 0.2) is 0 Å². The second kappa shape index (κ2) is 4.32. The minimum atomic E-state index is -0.375. The summed E-state index contributed by atoms with van der Waals surface area (Å²) in [6.45, 7) is 2.09. The van der Waals surface area contributed by atoms with E-state index in [4.69, 9.17) is 0 Å². The minimum Gasteiger partial charge on any atom is -0.393 e. The Kier molecular flexibility index (Phi) is 3.04. The number of fused-ring (bicyclic) bond motifs is 1. The van der Waals surface area contributed by atoms with Gasteiger partial charge < -0.3 is 10.2 Å². The fraction of sp³-hybridized carbons (Fsp3) is 0.600. The summed E-state index contributed by atoms with van der Waals surface area (Å²) in [6, 6.07) is 6.21. The molecule has 1 fully saturated rings. The smallest absolute Gasteiger partial charge is 0.0852 e. The highest BCUT2D eigenvalue weighted by molar-refractivity contribution is 9.10. The Bertz CT molecular complexity index is 474. The van der Waals surface area contributed by atoms with Crippen LogP contribution in [0, 0.1) is 11.3 Å². The zero-order valence-electron chi connectivity index (χ0n) is 10.6. The van der Waals surface area contributed by atoms with Crippen LogP contribution in [0.4, 0.5) is 0 Å². The predicted octanol–water partition coefficient (Wildman–Crippen LogP) is 3.21. The van der Waals surface area contributed by atoms with Gasteiger partial charge in [-0.1, -0.05) is 28.9 Å². The SMILES string of the molecule is C[C@H]1C[C@@]2(CC[C@@H]1O)Cc1ccc(Br)cc1C2O. The van der Waals surface area contributed by atoms with Crippen LogP contribution in [-0.4, -0.2) is 16.3 Å². The van der Waals surface area contributed by atoms with Crippen molar-refractivity contribution in [1.29, 1.82) is 0 Å². The van der Waals surface area contributed by atoms with Crippen molar-refractivity contribution < 1.29 is 10.2 Å². The van der Waals surface area contributed by atoms with E-state index < -0.39 is 0 Å². The summed E-state index contributed by atoms with van der Waals surface area (Å²) < 4.78 is 1.03. The molecule has 0 saturated heterocycles. The summed E-state index contributed by atoms with van der Waals surface area (Å²) in [5.41, 5.74) is 2.31. The summed E-state index contributed by atoms with van der Waals surface area (Å²) >= 11 is 3.48. The average Bonchev–Trinajstić information content (AvgIpc) is 2.59. The largest absolute Gasteiger partial charge is 0.393 e. The molecular weight excluding hydrogens is 292 g/mol. The first kappa shape index (κ1) is 12.6. The maximum absolute atomic E-state index is 10.7. The van der Waals surface area contributed by atoms with Crippen LogP contribution in [0.1, 0.15) is 43.4 Å². The maximum atomic E-state index is 10.7. The molecule has 1 spiro atoms. The summed E-state index contributed by atoms with van der Waals surface area (Å²) in [5.74, 6) is 0.283. The first-order valence-corrected chi connectivity index (χ1v) is 7.46. The van der Waals surface area contributed by atoms with Crippen LogP contribution in [0.2, 0.25) is 0 Å². The molecule has 0 aromatic heterocycles. The van der Waals surface area contributed by atoms with Crippen molar-refractivity contribution in [3.63, 3.8) is 0 Å². The summed E-state index contributed by atoms with van der Waals surface area (Å²) in [6.07, 6.45) is 3.03. The van der Waals surface area contributed by atoms with Gasteiger partial charge in [0.25, 0.3) is 0 Å². The van der Waals surface area contributed by atoms with E-state index in [1.807, 2.05) is 12.1 Å². The molecule has 98 valence electrons. The maximum Gasteiger partial charge on any atom is 0.0852 e. The van der Waals surface area contributed by atoms with Crippen molar-refractivity contribution in [2.45, 2.75) is 44.8 Å². The lowest BCUT2D eigenvalue weighted by molar-refractivity contribution is -0.0487. The summed E-state index contributed by atoms with van der Waals surface area (Å²) in [4.78, 5) is 0. The molecule has 2 aliphatic rings. The van der Waals surface area contributed by atoms with Crippen molar-refractivity contribution in [3.8, 4) is 0 Å². The first-order valence-electron chi connectivity index (χ1n) is 6.66. The molecular formula is C15H19BrO2. The van der Waals surface area contributed by atoms with E-state index in [2.05, 4.69) is 28.9 Å². The molecule has 1 aromatic carbocycles. The van der Waals surface area contributed by atoms with Gasteiger partial charge in [0.2, 0.25) is 0 Å². The summed E-state index contributed by atoms with van der Waals surface area (Å²) in [5, 5.41) is 20.6. The molecule has 2 nitrogen and oxygen atoms in total. The van der Waals surface area contributed by atoms with Crippen LogP contribution in [0.25, 0.3) is 0 Å². The second-order valence-corrected chi connectivity index (χ2v) is 6.99. The van der Waals surface area contributed by atoms with Gasteiger partial charge in [-0.25, -0.2) is 0 Å². The molecule has 1 aromatic rings. The second-order valence-electron chi connectivity index (χ2n) is 6.07. The van der Waals surface area contributed by atoms with Gasteiger partial charge in [0, 0.05) is 9.89 Å². The van der Waals surface area contributed by atoms with Gasteiger partial charge in [0.05, 0.1) is 12.2 Å². The fourth-order valence-corrected chi connectivity index (χ4v) is 4.17. The highest BCUT2D eigenvalue weighted by atomic mass is 79.9. The molecule has 1 unspecified atom stereocenters. The Morgan fingerprint density at radius 2 is 2.11 bits per heavy atom. The normalized spacial score (nSPS) is 39.0. The number of hydrogen-bond donors (Lipinski definition) is 2. The van der Waals surface area contributed by atoms with E-state index in [0.29, 0.717) is 0 Å². The number of hydrogen-bond acceptors (Lipinski definition) is 2. The van der Waals surface area contributed by atoms with Crippen LogP contribution >= 0.6 is 15.9 Å². The first-order chi connectivity index (χ1) is 8.52. The van der Waals surface area contributed by atoms with Crippen molar-refractivity contribution in [2.75, 3.05) is 0 Å². The zero-order chi connectivity index (χ0) is 12.9. The van der Waals surface area contributed by atoms with Crippen LogP contribution in [0.3, 0.4) is 0 Å². The van der Waals surface area contributed by atoms with E-state index >= 15 is 0 Å². The van der Waals surface area contributed by atoms with Gasteiger partial charge in [-0.2, -0.15) is 0 Å². The lowest BCUT2D eigenvalue weighted by atomic mass is 9.66. The number of benzene rings is 1. The molecule has 2 aliphatic carbocycles. The molecule has 0 radical (unpaired) electrons. The topological polar surface area (TPSA) is 40.5 Å². The quantitative estimate of drug-likeness (QED) is 0.772. The van der Waals surface area contributed by atoms with E-state index in [1.54, 1.807) is 0 Å². The lowest BCUT2D eigenvalue weighted by Crippen LogP contribution is -2.38.